The summed E-state index contributed by atoms with van der Waals surface area (Å²) in [5.41, 5.74) is 2.20. The zero-order valence-electron chi connectivity index (χ0n) is 15.6. The SMILES string of the molecule is CCOC(=O)N1CCN(C(=O)C(CC)Oc2cccc(C)c2C)CC1. The topological polar surface area (TPSA) is 59.1 Å². The molecule has 6 heteroatoms. The van der Waals surface area contributed by atoms with Gasteiger partial charge in [0.25, 0.3) is 5.91 Å². The van der Waals surface area contributed by atoms with Gasteiger partial charge in [0.15, 0.2) is 6.10 Å². The van der Waals surface area contributed by atoms with Gasteiger partial charge < -0.3 is 19.3 Å². The van der Waals surface area contributed by atoms with Crippen LogP contribution in [0.15, 0.2) is 18.2 Å². The molecule has 1 aromatic carbocycles. The van der Waals surface area contributed by atoms with Crippen molar-refractivity contribution in [1.82, 2.24) is 9.80 Å². The van der Waals surface area contributed by atoms with Crippen LogP contribution in [-0.4, -0.2) is 60.7 Å². The molecule has 1 aliphatic rings. The Bertz CT molecular complexity index is 609. The molecule has 1 heterocycles. The van der Waals surface area contributed by atoms with Crippen molar-refractivity contribution in [1.29, 1.82) is 0 Å². The predicted octanol–water partition coefficient (Wildman–Crippen LogP) is 2.76. The summed E-state index contributed by atoms with van der Waals surface area (Å²) in [6, 6.07) is 5.86. The van der Waals surface area contributed by atoms with Crippen molar-refractivity contribution in [2.75, 3.05) is 32.8 Å². The molecule has 25 heavy (non-hydrogen) atoms. The van der Waals surface area contributed by atoms with E-state index in [0.717, 1.165) is 16.9 Å². The van der Waals surface area contributed by atoms with E-state index in [0.29, 0.717) is 39.2 Å². The summed E-state index contributed by atoms with van der Waals surface area (Å²) in [6.07, 6.45) is -0.215. The average Bonchev–Trinajstić information content (AvgIpc) is 2.63. The molecule has 1 saturated heterocycles. The molecule has 6 nitrogen and oxygen atoms in total. The summed E-state index contributed by atoms with van der Waals surface area (Å²) in [5, 5.41) is 0. The minimum Gasteiger partial charge on any atom is -0.480 e. The molecule has 1 unspecified atom stereocenters. The van der Waals surface area contributed by atoms with Crippen LogP contribution in [0.4, 0.5) is 4.79 Å². The number of benzene rings is 1. The van der Waals surface area contributed by atoms with Crippen LogP contribution in [-0.2, 0) is 9.53 Å². The van der Waals surface area contributed by atoms with Crippen molar-refractivity contribution in [3.63, 3.8) is 0 Å². The van der Waals surface area contributed by atoms with Gasteiger partial charge in [-0.3, -0.25) is 4.79 Å². The van der Waals surface area contributed by atoms with E-state index in [4.69, 9.17) is 9.47 Å². The standard InChI is InChI=1S/C19H28N2O4/c1-5-16(25-17-9-7-8-14(3)15(17)4)18(22)20-10-12-21(13-11-20)19(23)24-6-2/h7-9,16H,5-6,10-13H2,1-4H3. The third-order valence-electron chi connectivity index (χ3n) is 4.59. The molecule has 0 N–H and O–H groups in total. The number of hydrogen-bond acceptors (Lipinski definition) is 4. The zero-order valence-corrected chi connectivity index (χ0v) is 15.6. The van der Waals surface area contributed by atoms with Gasteiger partial charge in [-0.15, -0.1) is 0 Å². The summed E-state index contributed by atoms with van der Waals surface area (Å²) < 4.78 is 11.0. The largest absolute Gasteiger partial charge is 0.480 e. The van der Waals surface area contributed by atoms with Crippen LogP contribution >= 0.6 is 0 Å². The molecule has 0 bridgehead atoms. The predicted molar refractivity (Wildman–Crippen MR) is 95.8 cm³/mol. The molecule has 0 aliphatic carbocycles. The number of aryl methyl sites for hydroxylation is 1. The van der Waals surface area contributed by atoms with E-state index in [1.807, 2.05) is 39.0 Å². The maximum Gasteiger partial charge on any atom is 0.409 e. The number of rotatable bonds is 5. The first-order chi connectivity index (χ1) is 12.0. The van der Waals surface area contributed by atoms with Crippen molar-refractivity contribution in [2.45, 2.75) is 40.2 Å². The lowest BCUT2D eigenvalue weighted by molar-refractivity contribution is -0.140. The summed E-state index contributed by atoms with van der Waals surface area (Å²) in [7, 11) is 0. The molecular formula is C19H28N2O4. The molecular weight excluding hydrogens is 320 g/mol. The lowest BCUT2D eigenvalue weighted by Gasteiger charge is -2.35. The van der Waals surface area contributed by atoms with Gasteiger partial charge in [0.05, 0.1) is 6.61 Å². The molecule has 0 aromatic heterocycles. The molecule has 1 aliphatic heterocycles. The number of hydrogen-bond donors (Lipinski definition) is 0. The molecule has 0 radical (unpaired) electrons. The summed E-state index contributed by atoms with van der Waals surface area (Å²) in [5.74, 6) is 0.734. The number of amides is 2. The fraction of sp³-hybridized carbons (Fsp3) is 0.579. The van der Waals surface area contributed by atoms with Crippen molar-refractivity contribution in [3.8, 4) is 5.75 Å². The minimum absolute atomic E-state index is 0.0214. The maximum absolute atomic E-state index is 12.8. The van der Waals surface area contributed by atoms with Crippen LogP contribution in [0.5, 0.6) is 5.75 Å². The Morgan fingerprint density at radius 3 is 2.32 bits per heavy atom. The monoisotopic (exact) mass is 348 g/mol. The Morgan fingerprint density at radius 2 is 1.72 bits per heavy atom. The van der Waals surface area contributed by atoms with Gasteiger partial charge in [0.2, 0.25) is 0 Å². The maximum atomic E-state index is 12.8. The molecule has 0 saturated carbocycles. The fourth-order valence-electron chi connectivity index (χ4n) is 2.84. The van der Waals surface area contributed by atoms with Crippen molar-refractivity contribution in [3.05, 3.63) is 29.3 Å². The first-order valence-electron chi connectivity index (χ1n) is 8.91. The number of nitrogens with zero attached hydrogens (tertiary/aromatic N) is 2. The highest BCUT2D eigenvalue weighted by molar-refractivity contribution is 5.81. The highest BCUT2D eigenvalue weighted by atomic mass is 16.6. The van der Waals surface area contributed by atoms with E-state index >= 15 is 0 Å². The summed E-state index contributed by atoms with van der Waals surface area (Å²) in [4.78, 5) is 28.0. The zero-order chi connectivity index (χ0) is 18.4. The van der Waals surface area contributed by atoms with E-state index < -0.39 is 6.10 Å². The molecule has 2 rings (SSSR count). The smallest absolute Gasteiger partial charge is 0.409 e. The van der Waals surface area contributed by atoms with Crippen LogP contribution in [0, 0.1) is 13.8 Å². The Morgan fingerprint density at radius 1 is 1.08 bits per heavy atom. The second-order valence-electron chi connectivity index (χ2n) is 6.22. The highest BCUT2D eigenvalue weighted by Crippen LogP contribution is 2.23. The van der Waals surface area contributed by atoms with Crippen LogP contribution in [0.3, 0.4) is 0 Å². The second kappa shape index (κ2) is 8.74. The van der Waals surface area contributed by atoms with E-state index in [1.165, 1.54) is 0 Å². The average molecular weight is 348 g/mol. The van der Waals surface area contributed by atoms with Crippen molar-refractivity contribution >= 4 is 12.0 Å². The Hall–Kier alpha value is -2.24. The van der Waals surface area contributed by atoms with Gasteiger partial charge in [0, 0.05) is 26.2 Å². The third-order valence-corrected chi connectivity index (χ3v) is 4.59. The van der Waals surface area contributed by atoms with Gasteiger partial charge in [-0.05, 0) is 44.4 Å². The first kappa shape index (κ1) is 19.1. The quantitative estimate of drug-likeness (QED) is 0.821. The van der Waals surface area contributed by atoms with Crippen molar-refractivity contribution in [2.24, 2.45) is 0 Å². The number of ether oxygens (including phenoxy) is 2. The van der Waals surface area contributed by atoms with Gasteiger partial charge in [-0.25, -0.2) is 4.79 Å². The van der Waals surface area contributed by atoms with Gasteiger partial charge in [0.1, 0.15) is 5.75 Å². The minimum atomic E-state index is -0.505. The Labute approximate surface area is 149 Å². The van der Waals surface area contributed by atoms with Crippen LogP contribution in [0.1, 0.15) is 31.4 Å². The fourth-order valence-corrected chi connectivity index (χ4v) is 2.84. The number of piperazine rings is 1. The second-order valence-corrected chi connectivity index (χ2v) is 6.22. The lowest BCUT2D eigenvalue weighted by Crippen LogP contribution is -2.53. The van der Waals surface area contributed by atoms with Crippen LogP contribution in [0.2, 0.25) is 0 Å². The Balaban J connectivity index is 1.96. The van der Waals surface area contributed by atoms with E-state index in [9.17, 15) is 9.59 Å². The van der Waals surface area contributed by atoms with Crippen LogP contribution < -0.4 is 4.74 Å². The van der Waals surface area contributed by atoms with Gasteiger partial charge in [-0.2, -0.15) is 0 Å². The molecule has 0 spiro atoms. The number of carbonyl (C=O) groups excluding carboxylic acids is 2. The molecule has 1 aromatic rings. The third kappa shape index (κ3) is 4.65. The molecule has 2 amide bonds. The molecule has 1 fully saturated rings. The first-order valence-corrected chi connectivity index (χ1v) is 8.91. The molecule has 1 atom stereocenters. The highest BCUT2D eigenvalue weighted by Gasteiger charge is 2.30. The number of carbonyl (C=O) groups is 2. The van der Waals surface area contributed by atoms with E-state index in [2.05, 4.69) is 0 Å². The van der Waals surface area contributed by atoms with Gasteiger partial charge in [-0.1, -0.05) is 19.1 Å². The summed E-state index contributed by atoms with van der Waals surface area (Å²) in [6.45, 7) is 10.1. The van der Waals surface area contributed by atoms with Crippen molar-refractivity contribution < 1.29 is 19.1 Å². The van der Waals surface area contributed by atoms with Gasteiger partial charge >= 0.3 is 6.09 Å². The lowest BCUT2D eigenvalue weighted by atomic mass is 10.1. The van der Waals surface area contributed by atoms with E-state index in [1.54, 1.807) is 16.7 Å². The van der Waals surface area contributed by atoms with Crippen LogP contribution in [0.25, 0.3) is 0 Å². The molecule has 138 valence electrons. The Kier molecular flexibility index (Phi) is 6.67. The normalized spacial score (nSPS) is 15.7. The summed E-state index contributed by atoms with van der Waals surface area (Å²) >= 11 is 0. The van der Waals surface area contributed by atoms with E-state index in [-0.39, 0.29) is 12.0 Å².